The van der Waals surface area contributed by atoms with Crippen LogP contribution in [0.25, 0.3) is 0 Å². The van der Waals surface area contributed by atoms with Crippen LogP contribution in [0.1, 0.15) is 6.92 Å². The summed E-state index contributed by atoms with van der Waals surface area (Å²) in [6.45, 7) is 2.29. The van der Waals surface area contributed by atoms with Gasteiger partial charge in [-0.2, -0.15) is 0 Å². The summed E-state index contributed by atoms with van der Waals surface area (Å²) < 4.78 is 4.65. The SMILES string of the molecule is CCOCC(O)OO. The fraction of sp³-hybridized carbons (Fsp3) is 1.00. The molecule has 1 atom stereocenters. The number of ether oxygens (including phenoxy) is 1. The van der Waals surface area contributed by atoms with Crippen molar-refractivity contribution in [3.05, 3.63) is 0 Å². The summed E-state index contributed by atoms with van der Waals surface area (Å²) in [5, 5.41) is 16.1. The van der Waals surface area contributed by atoms with Gasteiger partial charge >= 0.3 is 0 Å². The molecule has 0 aromatic heterocycles. The van der Waals surface area contributed by atoms with E-state index >= 15 is 0 Å². The van der Waals surface area contributed by atoms with Gasteiger partial charge in [0.15, 0.2) is 0 Å². The van der Waals surface area contributed by atoms with E-state index in [1.54, 1.807) is 6.92 Å². The maximum absolute atomic E-state index is 8.39. The normalized spacial score (nSPS) is 13.9. The van der Waals surface area contributed by atoms with Gasteiger partial charge in [-0.15, -0.1) is 0 Å². The minimum Gasteiger partial charge on any atom is -0.376 e. The van der Waals surface area contributed by atoms with Crippen molar-refractivity contribution in [2.45, 2.75) is 13.2 Å². The number of rotatable bonds is 4. The Morgan fingerprint density at radius 1 is 1.62 bits per heavy atom. The molecule has 0 heterocycles. The van der Waals surface area contributed by atoms with Crippen molar-refractivity contribution in [2.24, 2.45) is 0 Å². The molecular weight excluding hydrogens is 112 g/mol. The Kier molecular flexibility index (Phi) is 4.89. The third kappa shape index (κ3) is 4.01. The molecule has 0 saturated heterocycles. The van der Waals surface area contributed by atoms with Gasteiger partial charge < -0.3 is 9.84 Å². The van der Waals surface area contributed by atoms with E-state index in [0.717, 1.165) is 0 Å². The van der Waals surface area contributed by atoms with Crippen LogP contribution >= 0.6 is 0 Å². The molecule has 8 heavy (non-hydrogen) atoms. The largest absolute Gasteiger partial charge is 0.376 e. The quantitative estimate of drug-likeness (QED) is 0.309. The Morgan fingerprint density at radius 2 is 2.25 bits per heavy atom. The topological polar surface area (TPSA) is 58.9 Å². The molecule has 2 N–H and O–H groups in total. The highest BCUT2D eigenvalue weighted by Crippen LogP contribution is 1.82. The number of hydrogen-bond acceptors (Lipinski definition) is 4. The molecule has 0 aliphatic carbocycles. The summed E-state index contributed by atoms with van der Waals surface area (Å²) in [6.07, 6.45) is -1.21. The van der Waals surface area contributed by atoms with Crippen molar-refractivity contribution < 1.29 is 20.0 Å². The molecule has 1 unspecified atom stereocenters. The molecule has 4 nitrogen and oxygen atoms in total. The van der Waals surface area contributed by atoms with Crippen LogP contribution in [0.3, 0.4) is 0 Å². The third-order valence-electron chi connectivity index (χ3n) is 0.586. The summed E-state index contributed by atoms with van der Waals surface area (Å²) in [5.41, 5.74) is 0. The third-order valence-corrected chi connectivity index (χ3v) is 0.586. The van der Waals surface area contributed by atoms with Gasteiger partial charge in [0, 0.05) is 6.61 Å². The van der Waals surface area contributed by atoms with Gasteiger partial charge in [-0.1, -0.05) is 0 Å². The molecule has 0 bridgehead atoms. The van der Waals surface area contributed by atoms with E-state index in [0.29, 0.717) is 6.61 Å². The van der Waals surface area contributed by atoms with Gasteiger partial charge in [0.25, 0.3) is 0 Å². The first kappa shape index (κ1) is 7.84. The minimum absolute atomic E-state index is 0.00694. The molecule has 0 radical (unpaired) electrons. The van der Waals surface area contributed by atoms with Gasteiger partial charge in [0.2, 0.25) is 6.29 Å². The lowest BCUT2D eigenvalue weighted by Crippen LogP contribution is -2.16. The van der Waals surface area contributed by atoms with Crippen molar-refractivity contribution in [1.82, 2.24) is 0 Å². The number of hydrogen-bond donors (Lipinski definition) is 2. The first-order valence-corrected chi connectivity index (χ1v) is 2.37. The van der Waals surface area contributed by atoms with E-state index in [4.69, 9.17) is 10.4 Å². The Bertz CT molecular complexity index is 47.3. The van der Waals surface area contributed by atoms with Crippen LogP contribution < -0.4 is 0 Å². The molecule has 0 aromatic rings. The molecule has 0 spiro atoms. The van der Waals surface area contributed by atoms with Gasteiger partial charge in [-0.3, -0.25) is 0 Å². The van der Waals surface area contributed by atoms with Gasteiger partial charge in [0.05, 0.1) is 0 Å². The van der Waals surface area contributed by atoms with Crippen LogP contribution in [-0.4, -0.2) is 29.9 Å². The zero-order chi connectivity index (χ0) is 6.41. The number of aliphatic hydroxyl groups is 1. The van der Waals surface area contributed by atoms with Crippen molar-refractivity contribution in [1.29, 1.82) is 0 Å². The van der Waals surface area contributed by atoms with Gasteiger partial charge in [0.1, 0.15) is 6.61 Å². The Labute approximate surface area is 47.6 Å². The average molecular weight is 122 g/mol. The molecule has 0 saturated carbocycles. The van der Waals surface area contributed by atoms with E-state index in [1.807, 2.05) is 0 Å². The van der Waals surface area contributed by atoms with Crippen molar-refractivity contribution in [3.8, 4) is 0 Å². The first-order chi connectivity index (χ1) is 3.81. The second-order valence-electron chi connectivity index (χ2n) is 1.22. The standard InChI is InChI=1S/C4H10O4/c1-2-7-3-4(5)8-6/h4-6H,2-3H2,1H3. The summed E-state index contributed by atoms with van der Waals surface area (Å²) in [4.78, 5) is 3.48. The zero-order valence-electron chi connectivity index (χ0n) is 4.70. The van der Waals surface area contributed by atoms with Crippen LogP contribution in [0.15, 0.2) is 0 Å². The van der Waals surface area contributed by atoms with Gasteiger partial charge in [-0.25, -0.2) is 10.1 Å². The van der Waals surface area contributed by atoms with Crippen LogP contribution in [0.2, 0.25) is 0 Å². The zero-order valence-corrected chi connectivity index (χ0v) is 4.70. The molecule has 0 aromatic carbocycles. The van der Waals surface area contributed by atoms with Crippen LogP contribution in [0.4, 0.5) is 0 Å². The maximum atomic E-state index is 8.39. The van der Waals surface area contributed by atoms with Crippen LogP contribution in [0.5, 0.6) is 0 Å². The highest BCUT2D eigenvalue weighted by atomic mass is 17.1. The van der Waals surface area contributed by atoms with Crippen molar-refractivity contribution >= 4 is 0 Å². The van der Waals surface area contributed by atoms with E-state index < -0.39 is 6.29 Å². The van der Waals surface area contributed by atoms with Crippen molar-refractivity contribution in [3.63, 3.8) is 0 Å². The molecular formula is C4H10O4. The first-order valence-electron chi connectivity index (χ1n) is 2.37. The molecule has 0 rings (SSSR count). The molecule has 0 aliphatic heterocycles. The van der Waals surface area contributed by atoms with E-state index in [9.17, 15) is 0 Å². The summed E-state index contributed by atoms with van der Waals surface area (Å²) in [6, 6.07) is 0. The molecule has 50 valence electrons. The summed E-state index contributed by atoms with van der Waals surface area (Å²) >= 11 is 0. The lowest BCUT2D eigenvalue weighted by Gasteiger charge is -2.03. The molecule has 4 heteroatoms. The smallest absolute Gasteiger partial charge is 0.212 e. The fourth-order valence-electron chi connectivity index (χ4n) is 0.249. The summed E-state index contributed by atoms with van der Waals surface area (Å²) in [5.74, 6) is 0. The number of aliphatic hydroxyl groups excluding tert-OH is 1. The highest BCUT2D eigenvalue weighted by Gasteiger charge is 1.99. The Hall–Kier alpha value is -0.160. The minimum atomic E-state index is -1.21. The van der Waals surface area contributed by atoms with Crippen molar-refractivity contribution in [2.75, 3.05) is 13.2 Å². The fourth-order valence-corrected chi connectivity index (χ4v) is 0.249. The maximum Gasteiger partial charge on any atom is 0.212 e. The van der Waals surface area contributed by atoms with E-state index in [-0.39, 0.29) is 6.61 Å². The molecule has 0 fully saturated rings. The lowest BCUT2D eigenvalue weighted by atomic mass is 10.7. The predicted molar refractivity (Wildman–Crippen MR) is 26.2 cm³/mol. The second-order valence-corrected chi connectivity index (χ2v) is 1.22. The monoisotopic (exact) mass is 122 g/mol. The van der Waals surface area contributed by atoms with E-state index in [2.05, 4.69) is 9.62 Å². The lowest BCUT2D eigenvalue weighted by molar-refractivity contribution is -0.342. The van der Waals surface area contributed by atoms with Crippen LogP contribution in [0, 0.1) is 0 Å². The van der Waals surface area contributed by atoms with Crippen LogP contribution in [-0.2, 0) is 9.62 Å². The Balaban J connectivity index is 2.86. The second kappa shape index (κ2) is 4.99. The predicted octanol–water partition coefficient (Wildman–Crippen LogP) is -0.169. The van der Waals surface area contributed by atoms with E-state index in [1.165, 1.54) is 0 Å². The Morgan fingerprint density at radius 3 is 2.62 bits per heavy atom. The summed E-state index contributed by atoms with van der Waals surface area (Å²) in [7, 11) is 0. The van der Waals surface area contributed by atoms with Gasteiger partial charge in [-0.05, 0) is 6.92 Å². The molecule has 0 aliphatic rings. The highest BCUT2D eigenvalue weighted by molar-refractivity contribution is 4.29. The average Bonchev–Trinajstić information content (AvgIpc) is 1.83. The molecule has 0 amide bonds.